The van der Waals surface area contributed by atoms with Crippen LogP contribution >= 0.6 is 0 Å². The Hall–Kier alpha value is -1.92. The molecule has 6 heteroatoms. The maximum Gasteiger partial charge on any atom is 0.222 e. The molecule has 5 N–H and O–H groups in total. The highest BCUT2D eigenvalue weighted by Gasteiger charge is 2.11. The third-order valence-corrected chi connectivity index (χ3v) is 3.16. The van der Waals surface area contributed by atoms with Crippen LogP contribution in [0.2, 0.25) is 0 Å². The van der Waals surface area contributed by atoms with Crippen molar-refractivity contribution in [1.82, 2.24) is 9.97 Å². The molecular weight excluding hydrogens is 256 g/mol. The number of hydrogen-bond donors (Lipinski definition) is 4. The van der Waals surface area contributed by atoms with Crippen molar-refractivity contribution in [3.8, 4) is 0 Å². The summed E-state index contributed by atoms with van der Waals surface area (Å²) >= 11 is 0. The van der Waals surface area contributed by atoms with E-state index in [1.165, 1.54) is 0 Å². The van der Waals surface area contributed by atoms with Crippen molar-refractivity contribution >= 4 is 22.7 Å². The molecule has 1 heterocycles. The molecule has 1 aromatic carbocycles. The minimum absolute atomic E-state index is 0.0357. The first-order chi connectivity index (χ1) is 9.67. The van der Waals surface area contributed by atoms with Crippen LogP contribution in [0.1, 0.15) is 25.3 Å². The fourth-order valence-corrected chi connectivity index (χ4v) is 2.15. The molecule has 0 saturated heterocycles. The summed E-state index contributed by atoms with van der Waals surface area (Å²) in [7, 11) is 0. The smallest absolute Gasteiger partial charge is 0.222 e. The SMILES string of the molecule is CCC[C@@H](CO)Nc1nc(N)nc2cc(CO)ccc12. The Bertz CT molecular complexity index is 589. The number of nitrogens with two attached hydrogens (primary N) is 1. The Morgan fingerprint density at radius 1 is 1.30 bits per heavy atom. The number of aromatic nitrogens is 2. The number of aliphatic hydroxyl groups is 2. The van der Waals surface area contributed by atoms with Crippen LogP contribution in [0.3, 0.4) is 0 Å². The van der Waals surface area contributed by atoms with Crippen LogP contribution in [0.15, 0.2) is 18.2 Å². The van der Waals surface area contributed by atoms with Crippen LogP contribution in [-0.2, 0) is 6.61 Å². The third-order valence-electron chi connectivity index (χ3n) is 3.16. The molecule has 1 aromatic heterocycles. The predicted molar refractivity (Wildman–Crippen MR) is 79.3 cm³/mol. The summed E-state index contributed by atoms with van der Waals surface area (Å²) in [6, 6.07) is 5.39. The zero-order chi connectivity index (χ0) is 14.5. The van der Waals surface area contributed by atoms with Crippen LogP contribution in [0.25, 0.3) is 10.9 Å². The van der Waals surface area contributed by atoms with Crippen molar-refractivity contribution in [3.05, 3.63) is 23.8 Å². The van der Waals surface area contributed by atoms with E-state index >= 15 is 0 Å². The minimum atomic E-state index is -0.0602. The van der Waals surface area contributed by atoms with Crippen molar-refractivity contribution in [2.24, 2.45) is 0 Å². The summed E-state index contributed by atoms with van der Waals surface area (Å²) in [5.41, 5.74) is 7.17. The molecular formula is C14H20N4O2. The van der Waals surface area contributed by atoms with Gasteiger partial charge >= 0.3 is 0 Å². The summed E-state index contributed by atoms with van der Waals surface area (Å²) in [6.45, 7) is 2.05. The average Bonchev–Trinajstić information content (AvgIpc) is 2.45. The predicted octanol–water partition coefficient (Wildman–Crippen LogP) is 1.28. The number of benzene rings is 1. The molecule has 0 aliphatic rings. The number of nitrogen functional groups attached to an aromatic ring is 1. The average molecular weight is 276 g/mol. The van der Waals surface area contributed by atoms with Crippen LogP contribution < -0.4 is 11.1 Å². The highest BCUT2D eigenvalue weighted by Crippen LogP contribution is 2.23. The van der Waals surface area contributed by atoms with Crippen molar-refractivity contribution in [2.45, 2.75) is 32.4 Å². The van der Waals surface area contributed by atoms with Gasteiger partial charge in [-0.1, -0.05) is 19.4 Å². The molecule has 0 aliphatic heterocycles. The van der Waals surface area contributed by atoms with E-state index < -0.39 is 0 Å². The molecule has 0 bridgehead atoms. The number of aliphatic hydroxyl groups excluding tert-OH is 2. The Balaban J connectivity index is 2.41. The lowest BCUT2D eigenvalue weighted by Gasteiger charge is -2.17. The number of nitrogens with one attached hydrogen (secondary N) is 1. The van der Waals surface area contributed by atoms with Crippen molar-refractivity contribution < 1.29 is 10.2 Å². The fourth-order valence-electron chi connectivity index (χ4n) is 2.15. The normalized spacial score (nSPS) is 12.6. The zero-order valence-corrected chi connectivity index (χ0v) is 11.5. The van der Waals surface area contributed by atoms with Crippen LogP contribution in [-0.4, -0.2) is 32.8 Å². The quantitative estimate of drug-likeness (QED) is 0.633. The zero-order valence-electron chi connectivity index (χ0n) is 11.5. The van der Waals surface area contributed by atoms with Gasteiger partial charge in [-0.25, -0.2) is 4.98 Å². The van der Waals surface area contributed by atoms with Gasteiger partial charge in [-0.3, -0.25) is 0 Å². The van der Waals surface area contributed by atoms with Crippen molar-refractivity contribution in [2.75, 3.05) is 17.7 Å². The largest absolute Gasteiger partial charge is 0.394 e. The molecule has 20 heavy (non-hydrogen) atoms. The Labute approximate surface area is 117 Å². The molecule has 0 radical (unpaired) electrons. The molecule has 1 atom stereocenters. The Morgan fingerprint density at radius 2 is 2.10 bits per heavy atom. The van der Waals surface area contributed by atoms with Crippen LogP contribution in [0.5, 0.6) is 0 Å². The summed E-state index contributed by atoms with van der Waals surface area (Å²) in [5, 5.41) is 22.6. The van der Waals surface area contributed by atoms with E-state index in [1.807, 2.05) is 12.1 Å². The van der Waals surface area contributed by atoms with Crippen molar-refractivity contribution in [1.29, 1.82) is 0 Å². The van der Waals surface area contributed by atoms with Crippen LogP contribution in [0.4, 0.5) is 11.8 Å². The van der Waals surface area contributed by atoms with Crippen LogP contribution in [0, 0.1) is 0 Å². The lowest BCUT2D eigenvalue weighted by atomic mass is 10.1. The molecule has 0 amide bonds. The van der Waals surface area contributed by atoms with E-state index in [-0.39, 0.29) is 25.2 Å². The van der Waals surface area contributed by atoms with Gasteiger partial charge in [0.2, 0.25) is 5.95 Å². The summed E-state index contributed by atoms with van der Waals surface area (Å²) < 4.78 is 0. The minimum Gasteiger partial charge on any atom is -0.394 e. The van der Waals surface area contributed by atoms with Gasteiger partial charge in [0.15, 0.2) is 0 Å². The Kier molecular flexibility index (Phi) is 4.70. The second-order valence-corrected chi connectivity index (χ2v) is 4.75. The number of hydrogen-bond acceptors (Lipinski definition) is 6. The van der Waals surface area contributed by atoms with E-state index in [2.05, 4.69) is 22.2 Å². The highest BCUT2D eigenvalue weighted by atomic mass is 16.3. The van der Waals surface area contributed by atoms with E-state index in [0.717, 1.165) is 23.8 Å². The van der Waals surface area contributed by atoms with Gasteiger partial charge in [0, 0.05) is 5.39 Å². The standard InChI is InChI=1S/C14H20N4O2/c1-2-3-10(8-20)16-13-11-5-4-9(7-19)6-12(11)17-14(15)18-13/h4-6,10,19-20H,2-3,7-8H2,1H3,(H3,15,16,17,18)/t10-/m0/s1. The number of fused-ring (bicyclic) bond motifs is 1. The van der Waals surface area contributed by atoms with E-state index in [1.54, 1.807) is 6.07 Å². The molecule has 6 nitrogen and oxygen atoms in total. The lowest BCUT2D eigenvalue weighted by Crippen LogP contribution is -2.24. The molecule has 108 valence electrons. The maximum atomic E-state index is 9.37. The lowest BCUT2D eigenvalue weighted by molar-refractivity contribution is 0.268. The van der Waals surface area contributed by atoms with E-state index in [4.69, 9.17) is 10.8 Å². The van der Waals surface area contributed by atoms with Gasteiger partial charge in [-0.05, 0) is 24.1 Å². The molecule has 0 fully saturated rings. The first kappa shape index (κ1) is 14.5. The second kappa shape index (κ2) is 6.49. The van der Waals surface area contributed by atoms with Gasteiger partial charge in [0.25, 0.3) is 0 Å². The number of anilines is 2. The van der Waals surface area contributed by atoms with E-state index in [9.17, 15) is 5.11 Å². The maximum absolute atomic E-state index is 9.37. The first-order valence-electron chi connectivity index (χ1n) is 6.72. The molecule has 2 aromatic rings. The molecule has 0 aliphatic carbocycles. The van der Waals surface area contributed by atoms with Gasteiger partial charge in [0.1, 0.15) is 5.82 Å². The fraction of sp³-hybridized carbons (Fsp3) is 0.429. The molecule has 0 unspecified atom stereocenters. The number of nitrogens with zero attached hydrogens (tertiary/aromatic N) is 2. The second-order valence-electron chi connectivity index (χ2n) is 4.75. The van der Waals surface area contributed by atoms with Gasteiger partial charge in [-0.2, -0.15) is 4.98 Å². The van der Waals surface area contributed by atoms with Crippen molar-refractivity contribution in [3.63, 3.8) is 0 Å². The topological polar surface area (TPSA) is 104 Å². The summed E-state index contributed by atoms with van der Waals surface area (Å²) in [5.74, 6) is 0.785. The molecule has 2 rings (SSSR count). The summed E-state index contributed by atoms with van der Waals surface area (Å²) in [6.07, 6.45) is 1.81. The summed E-state index contributed by atoms with van der Waals surface area (Å²) in [4.78, 5) is 8.39. The van der Waals surface area contributed by atoms with Gasteiger partial charge in [-0.15, -0.1) is 0 Å². The highest BCUT2D eigenvalue weighted by molar-refractivity contribution is 5.90. The number of rotatable bonds is 6. The Morgan fingerprint density at radius 3 is 2.75 bits per heavy atom. The molecule has 0 saturated carbocycles. The monoisotopic (exact) mass is 276 g/mol. The van der Waals surface area contributed by atoms with Gasteiger partial charge in [0.05, 0.1) is 24.8 Å². The van der Waals surface area contributed by atoms with Gasteiger partial charge < -0.3 is 21.3 Å². The molecule has 0 spiro atoms. The van der Waals surface area contributed by atoms with E-state index in [0.29, 0.717) is 11.3 Å². The first-order valence-corrected chi connectivity index (χ1v) is 6.72. The third kappa shape index (κ3) is 3.15.